The molecule has 2 unspecified atom stereocenters. The number of aryl methyl sites for hydroxylation is 2. The zero-order chi connectivity index (χ0) is 22.8. The number of phenolic OH excluding ortho intramolecular Hbond substituents is 2. The molecule has 2 aromatic rings. The summed E-state index contributed by atoms with van der Waals surface area (Å²) in [4.78, 5) is 0. The Kier molecular flexibility index (Phi) is 13.9. The first kappa shape index (κ1) is 25.3. The number of rotatable bonds is 0. The van der Waals surface area contributed by atoms with Crippen LogP contribution >= 0.6 is 0 Å². The Bertz CT molecular complexity index is 702. The van der Waals surface area contributed by atoms with E-state index < -0.39 is 12.2 Å². The summed E-state index contributed by atoms with van der Waals surface area (Å²) in [5.41, 5.74) is 2.82. The van der Waals surface area contributed by atoms with Crippen molar-refractivity contribution in [2.75, 3.05) is 0 Å². The van der Waals surface area contributed by atoms with Gasteiger partial charge in [-0.2, -0.15) is 0 Å². The Morgan fingerprint density at radius 3 is 1.82 bits per heavy atom. The maximum Gasteiger partial charge on any atom is 0.160 e. The van der Waals surface area contributed by atoms with Gasteiger partial charge in [0.05, 0.1) is 0 Å². The third-order valence-corrected chi connectivity index (χ3v) is 3.61. The third kappa shape index (κ3) is 10.5. The molecule has 2 atom stereocenters. The third-order valence-electron chi connectivity index (χ3n) is 3.61. The Morgan fingerprint density at radius 1 is 0.893 bits per heavy atom. The van der Waals surface area contributed by atoms with Crippen LogP contribution in [-0.2, 0) is 0 Å². The molecule has 28 heavy (non-hydrogen) atoms. The highest BCUT2D eigenvalue weighted by Gasteiger charge is 2.16. The molecule has 2 aromatic carbocycles. The summed E-state index contributed by atoms with van der Waals surface area (Å²) in [5.74, 6) is -0.0903. The molecule has 0 radical (unpaired) electrons. The normalized spacial score (nSPS) is 16.8. The van der Waals surface area contributed by atoms with E-state index in [2.05, 4.69) is 19.1 Å². The summed E-state index contributed by atoms with van der Waals surface area (Å²) in [6.45, 7) is 5.60. The summed E-state index contributed by atoms with van der Waals surface area (Å²) in [7, 11) is 0. The van der Waals surface area contributed by atoms with Gasteiger partial charge in [-0.3, -0.25) is 10.5 Å². The smallest absolute Gasteiger partial charge is 0.160 e. The highest BCUT2D eigenvalue weighted by atomic mass is 17.0. The number of para-hydroxylation sites is 1. The van der Waals surface area contributed by atoms with E-state index in [1.165, 1.54) is 11.6 Å². The van der Waals surface area contributed by atoms with Crippen LogP contribution in [0.5, 0.6) is 11.5 Å². The predicted molar refractivity (Wildman–Crippen MR) is 112 cm³/mol. The van der Waals surface area contributed by atoms with E-state index in [4.69, 9.17) is 33.9 Å². The fraction of sp³-hybridized carbons (Fsp3) is 0.238. The van der Waals surface area contributed by atoms with Crippen LogP contribution in [0.2, 0.25) is 0 Å². The van der Waals surface area contributed by atoms with E-state index >= 15 is 0 Å². The summed E-state index contributed by atoms with van der Waals surface area (Å²) in [6, 6.07) is 15.1. The van der Waals surface area contributed by atoms with Crippen molar-refractivity contribution in [3.63, 3.8) is 0 Å². The van der Waals surface area contributed by atoms with Gasteiger partial charge in [0.15, 0.2) is 11.5 Å². The second-order valence-corrected chi connectivity index (χ2v) is 5.83. The van der Waals surface area contributed by atoms with Crippen LogP contribution in [0, 0.1) is 13.8 Å². The molecule has 1 aliphatic carbocycles. The number of phenols is 2. The van der Waals surface area contributed by atoms with Crippen molar-refractivity contribution in [2.24, 2.45) is 0 Å². The van der Waals surface area contributed by atoms with Crippen molar-refractivity contribution in [3.8, 4) is 11.5 Å². The first-order valence-corrected chi connectivity index (χ1v) is 8.23. The first-order chi connectivity index (χ1) is 13.8. The van der Waals surface area contributed by atoms with Crippen LogP contribution in [-0.4, -0.2) is 48.6 Å². The SMILES string of the molecule is CC1=CC=CC(O)C1O.Cc1cccc(O)c1O.Cc1ccccc1.O.OO.[2H][3H]. The maximum atomic E-state index is 9.08. The lowest BCUT2D eigenvalue weighted by Gasteiger charge is -2.17. The van der Waals surface area contributed by atoms with Crippen LogP contribution < -0.4 is 0 Å². The molecule has 0 amide bonds. The average Bonchev–Trinajstić information content (AvgIpc) is 2.74. The van der Waals surface area contributed by atoms with Gasteiger partial charge >= 0.3 is 0 Å². The minimum absolute atomic E-state index is 0. The van der Waals surface area contributed by atoms with Crippen LogP contribution in [0.25, 0.3) is 0 Å². The van der Waals surface area contributed by atoms with Gasteiger partial charge in [-0.1, -0.05) is 66.3 Å². The fourth-order valence-electron chi connectivity index (χ4n) is 1.97. The molecule has 0 heterocycles. The lowest BCUT2D eigenvalue weighted by molar-refractivity contribution is -0.176. The largest absolute Gasteiger partial charge is 0.504 e. The molecule has 7 heteroatoms. The number of hydrogen-bond donors (Lipinski definition) is 6. The van der Waals surface area contributed by atoms with Gasteiger partial charge < -0.3 is 25.9 Å². The quantitative estimate of drug-likeness (QED) is 0.227. The second kappa shape index (κ2) is 15.4. The van der Waals surface area contributed by atoms with E-state index in [-0.39, 0.29) is 17.0 Å². The Balaban J connectivity index is -0.000000333. The number of hydrogen-bond acceptors (Lipinski definition) is 6. The number of aliphatic hydroxyl groups is 2. The molecule has 0 bridgehead atoms. The molecule has 7 nitrogen and oxygen atoms in total. The number of allylic oxidation sites excluding steroid dienone is 2. The average molecular weight is 399 g/mol. The Hall–Kier alpha value is -2.68. The highest BCUT2D eigenvalue weighted by Crippen LogP contribution is 2.26. The number of aliphatic hydroxyl groups excluding tert-OH is 2. The molecule has 0 saturated heterocycles. The van der Waals surface area contributed by atoms with E-state index in [9.17, 15) is 0 Å². The minimum Gasteiger partial charge on any atom is -0.504 e. The fourth-order valence-corrected chi connectivity index (χ4v) is 1.97. The monoisotopic (exact) mass is 399 g/mol. The van der Waals surface area contributed by atoms with E-state index in [0.29, 0.717) is 5.56 Å². The predicted octanol–water partition coefficient (Wildman–Crippen LogP) is 3.06. The Morgan fingerprint density at radius 2 is 1.46 bits per heavy atom. The molecule has 0 aliphatic heterocycles. The van der Waals surface area contributed by atoms with Crippen LogP contribution in [0.3, 0.4) is 0 Å². The van der Waals surface area contributed by atoms with Crippen LogP contribution in [0.15, 0.2) is 72.3 Å². The minimum atomic E-state index is -0.713. The van der Waals surface area contributed by atoms with Gasteiger partial charge in [-0.15, -0.1) is 0 Å². The van der Waals surface area contributed by atoms with Crippen LogP contribution in [0.1, 0.15) is 21.0 Å². The first-order valence-electron chi connectivity index (χ1n) is 9.23. The molecule has 158 valence electrons. The molecule has 0 aromatic heterocycles. The van der Waals surface area contributed by atoms with Crippen molar-refractivity contribution in [3.05, 3.63) is 83.5 Å². The molecule has 0 fully saturated rings. The molecule has 1 aliphatic rings. The van der Waals surface area contributed by atoms with E-state index in [1.54, 1.807) is 44.2 Å². The van der Waals surface area contributed by atoms with Crippen molar-refractivity contribution >= 4 is 0 Å². The standard InChI is InChI=1S/C7H10O2.C7H8O2.C7H8.H2O2.H2O.H2/c2*1-5-3-2-4-6(8)7(5)9;1-7-5-3-2-4-6-7;1-2;;/h2-4,6-9H,1H3;2-4,8-9H,1H3;2-6H,1H3;1-2H;1H2;1H/i;;;;;1+2D. The zero-order valence-electron chi connectivity index (χ0n) is 18.2. The lowest BCUT2D eigenvalue weighted by Crippen LogP contribution is -2.26. The van der Waals surface area contributed by atoms with Gasteiger partial charge in [0.1, 0.15) is 12.2 Å². The van der Waals surface area contributed by atoms with E-state index in [1.807, 2.05) is 18.2 Å². The van der Waals surface area contributed by atoms with Crippen molar-refractivity contribution in [2.45, 2.75) is 33.0 Å². The van der Waals surface area contributed by atoms with Crippen molar-refractivity contribution < 1.29 is 39.4 Å². The van der Waals surface area contributed by atoms with Gasteiger partial charge in [0, 0.05) is 2.97 Å². The van der Waals surface area contributed by atoms with E-state index in [0.717, 1.165) is 5.57 Å². The molecule has 3 rings (SSSR count). The lowest BCUT2D eigenvalue weighted by atomic mass is 10.0. The molecule has 0 saturated carbocycles. The molecule has 0 spiro atoms. The van der Waals surface area contributed by atoms with Crippen LogP contribution in [0.4, 0.5) is 0 Å². The summed E-state index contributed by atoms with van der Waals surface area (Å²) < 4.78 is 10.0. The Labute approximate surface area is 168 Å². The van der Waals surface area contributed by atoms with Crippen molar-refractivity contribution in [1.82, 2.24) is 0 Å². The molecular weight excluding hydrogens is 364 g/mol. The molecular formula is C21H32O7. The second-order valence-electron chi connectivity index (χ2n) is 5.83. The number of benzene rings is 2. The molecule has 8 N–H and O–H groups in total. The zero-order valence-corrected chi connectivity index (χ0v) is 16.2. The number of aromatic hydroxyl groups is 2. The topological polar surface area (TPSA) is 153 Å². The van der Waals surface area contributed by atoms with Gasteiger partial charge in [-0.25, -0.2) is 0 Å². The highest BCUT2D eigenvalue weighted by molar-refractivity contribution is 5.43. The summed E-state index contributed by atoms with van der Waals surface area (Å²) >= 11 is 0. The maximum absolute atomic E-state index is 9.08. The van der Waals surface area contributed by atoms with Gasteiger partial charge in [0.25, 0.3) is 0 Å². The van der Waals surface area contributed by atoms with Gasteiger partial charge in [-0.05, 0) is 38.0 Å². The van der Waals surface area contributed by atoms with Gasteiger partial charge in [0.2, 0.25) is 0 Å². The van der Waals surface area contributed by atoms with Crippen molar-refractivity contribution in [1.29, 1.82) is 0 Å². The summed E-state index contributed by atoms with van der Waals surface area (Å²) in [5, 5.41) is 47.9. The summed E-state index contributed by atoms with van der Waals surface area (Å²) in [6.07, 6.45) is 3.69.